The van der Waals surface area contributed by atoms with Crippen molar-refractivity contribution in [3.63, 3.8) is 0 Å². The highest BCUT2D eigenvalue weighted by atomic mass is 32.1. The molecule has 0 saturated heterocycles. The standard InChI is InChI=1S/C17H19N3OS/c1-4-14-10(2)9-15(22-14)17(21)18-11(3)16-19-12-7-5-6-8-13(12)20-16/h5-9,11H,4H2,1-3H3,(H,18,21)(H,19,20)/t11-/m1/s1. The van der Waals surface area contributed by atoms with E-state index in [-0.39, 0.29) is 11.9 Å². The first kappa shape index (κ1) is 14.8. The molecule has 0 spiro atoms. The van der Waals surface area contributed by atoms with E-state index in [9.17, 15) is 4.79 Å². The van der Waals surface area contributed by atoms with Gasteiger partial charge in [-0.2, -0.15) is 0 Å². The van der Waals surface area contributed by atoms with Gasteiger partial charge < -0.3 is 10.3 Å². The molecule has 5 heteroatoms. The van der Waals surface area contributed by atoms with E-state index in [0.29, 0.717) is 0 Å². The number of thiophene rings is 1. The van der Waals surface area contributed by atoms with Crippen LogP contribution in [0.5, 0.6) is 0 Å². The van der Waals surface area contributed by atoms with E-state index >= 15 is 0 Å². The number of carbonyl (C=O) groups excluding carboxylic acids is 1. The normalized spacial score (nSPS) is 12.5. The monoisotopic (exact) mass is 313 g/mol. The van der Waals surface area contributed by atoms with Gasteiger partial charge in [-0.3, -0.25) is 4.79 Å². The number of H-pyrrole nitrogens is 1. The SMILES string of the molecule is CCc1sc(C(=O)N[C@H](C)c2nc3ccccc3[nH]2)cc1C. The summed E-state index contributed by atoms with van der Waals surface area (Å²) in [6.45, 7) is 6.10. The van der Waals surface area contributed by atoms with Gasteiger partial charge in [0.2, 0.25) is 0 Å². The number of imidazole rings is 1. The maximum atomic E-state index is 12.4. The van der Waals surface area contributed by atoms with Gasteiger partial charge in [0.25, 0.3) is 5.91 Å². The summed E-state index contributed by atoms with van der Waals surface area (Å²) in [4.78, 5) is 22.2. The van der Waals surface area contributed by atoms with Gasteiger partial charge in [0.05, 0.1) is 22.0 Å². The van der Waals surface area contributed by atoms with Crippen molar-refractivity contribution in [2.24, 2.45) is 0 Å². The fourth-order valence-electron chi connectivity index (χ4n) is 2.50. The molecule has 0 bridgehead atoms. The maximum Gasteiger partial charge on any atom is 0.261 e. The molecule has 0 saturated carbocycles. The zero-order valence-electron chi connectivity index (χ0n) is 12.9. The fourth-order valence-corrected chi connectivity index (χ4v) is 3.51. The van der Waals surface area contributed by atoms with Gasteiger partial charge in [0, 0.05) is 4.88 Å². The Morgan fingerprint density at radius 1 is 1.41 bits per heavy atom. The van der Waals surface area contributed by atoms with Crippen LogP contribution in [0.2, 0.25) is 0 Å². The first-order valence-corrected chi connectivity index (χ1v) is 8.25. The van der Waals surface area contributed by atoms with Crippen LogP contribution in [0, 0.1) is 6.92 Å². The molecule has 0 fully saturated rings. The average molecular weight is 313 g/mol. The summed E-state index contributed by atoms with van der Waals surface area (Å²) >= 11 is 1.57. The predicted molar refractivity (Wildman–Crippen MR) is 90.4 cm³/mol. The number of hydrogen-bond acceptors (Lipinski definition) is 3. The summed E-state index contributed by atoms with van der Waals surface area (Å²) in [7, 11) is 0. The summed E-state index contributed by atoms with van der Waals surface area (Å²) in [6, 6.07) is 9.67. The van der Waals surface area contributed by atoms with Crippen LogP contribution in [0.4, 0.5) is 0 Å². The van der Waals surface area contributed by atoms with Gasteiger partial charge in [-0.15, -0.1) is 11.3 Å². The first-order chi connectivity index (χ1) is 10.6. The summed E-state index contributed by atoms with van der Waals surface area (Å²) in [5.41, 5.74) is 3.09. The quantitative estimate of drug-likeness (QED) is 0.765. The van der Waals surface area contributed by atoms with Crippen LogP contribution in [0.25, 0.3) is 11.0 Å². The minimum Gasteiger partial charge on any atom is -0.342 e. The Bertz CT molecular complexity index is 785. The highest BCUT2D eigenvalue weighted by Crippen LogP contribution is 2.23. The van der Waals surface area contributed by atoms with Crippen LogP contribution >= 0.6 is 11.3 Å². The molecule has 2 heterocycles. The topological polar surface area (TPSA) is 57.8 Å². The predicted octanol–water partition coefficient (Wildman–Crippen LogP) is 3.99. The second kappa shape index (κ2) is 5.93. The van der Waals surface area contributed by atoms with Crippen molar-refractivity contribution >= 4 is 28.3 Å². The first-order valence-electron chi connectivity index (χ1n) is 7.43. The molecule has 22 heavy (non-hydrogen) atoms. The zero-order chi connectivity index (χ0) is 15.7. The van der Waals surface area contributed by atoms with E-state index in [1.54, 1.807) is 11.3 Å². The third kappa shape index (κ3) is 2.76. The molecule has 3 rings (SSSR count). The van der Waals surface area contributed by atoms with Crippen LogP contribution in [-0.4, -0.2) is 15.9 Å². The zero-order valence-corrected chi connectivity index (χ0v) is 13.8. The lowest BCUT2D eigenvalue weighted by molar-refractivity contribution is 0.0942. The summed E-state index contributed by atoms with van der Waals surface area (Å²) in [6.07, 6.45) is 0.961. The van der Waals surface area contributed by atoms with Crippen LogP contribution < -0.4 is 5.32 Å². The number of aromatic nitrogens is 2. The third-order valence-corrected chi connectivity index (χ3v) is 5.11. The minimum absolute atomic E-state index is 0.0410. The number of carbonyl (C=O) groups is 1. The lowest BCUT2D eigenvalue weighted by Gasteiger charge is -2.10. The lowest BCUT2D eigenvalue weighted by Crippen LogP contribution is -2.26. The highest BCUT2D eigenvalue weighted by Gasteiger charge is 2.17. The molecular weight excluding hydrogens is 294 g/mol. The number of nitrogens with one attached hydrogen (secondary N) is 2. The van der Waals surface area contributed by atoms with E-state index in [0.717, 1.165) is 28.2 Å². The molecule has 1 atom stereocenters. The summed E-state index contributed by atoms with van der Waals surface area (Å²) < 4.78 is 0. The van der Waals surface area contributed by atoms with Crippen LogP contribution in [0.1, 0.15) is 45.8 Å². The Morgan fingerprint density at radius 3 is 2.86 bits per heavy atom. The highest BCUT2D eigenvalue weighted by molar-refractivity contribution is 7.14. The number of nitrogens with zero attached hydrogens (tertiary/aromatic N) is 1. The largest absolute Gasteiger partial charge is 0.342 e. The molecule has 1 aromatic carbocycles. The number of hydrogen-bond donors (Lipinski definition) is 2. The molecule has 3 aromatic rings. The Kier molecular flexibility index (Phi) is 3.98. The van der Waals surface area contributed by atoms with Crippen molar-refractivity contribution in [3.8, 4) is 0 Å². The van der Waals surface area contributed by atoms with E-state index in [1.807, 2.05) is 37.3 Å². The lowest BCUT2D eigenvalue weighted by atomic mass is 10.2. The summed E-state index contributed by atoms with van der Waals surface area (Å²) in [5.74, 6) is 0.735. The number of fused-ring (bicyclic) bond motifs is 1. The van der Waals surface area contributed by atoms with E-state index in [2.05, 4.69) is 29.1 Å². The maximum absolute atomic E-state index is 12.4. The van der Waals surface area contributed by atoms with Gasteiger partial charge in [-0.05, 0) is 44.0 Å². The number of rotatable bonds is 4. The van der Waals surface area contributed by atoms with E-state index in [1.165, 1.54) is 10.4 Å². The number of para-hydroxylation sites is 2. The van der Waals surface area contributed by atoms with Gasteiger partial charge in [0.15, 0.2) is 0 Å². The molecule has 2 aromatic heterocycles. The molecule has 0 radical (unpaired) electrons. The van der Waals surface area contributed by atoms with E-state index < -0.39 is 0 Å². The Morgan fingerprint density at radius 2 is 2.18 bits per heavy atom. The van der Waals surface area contributed by atoms with Crippen molar-refractivity contribution in [2.75, 3.05) is 0 Å². The van der Waals surface area contributed by atoms with Crippen LogP contribution in [-0.2, 0) is 6.42 Å². The Labute approximate surface area is 133 Å². The van der Waals surface area contributed by atoms with Crippen molar-refractivity contribution in [3.05, 3.63) is 51.5 Å². The second-order valence-corrected chi connectivity index (χ2v) is 6.54. The number of benzene rings is 1. The minimum atomic E-state index is -0.160. The molecule has 0 aliphatic carbocycles. The summed E-state index contributed by atoms with van der Waals surface area (Å²) in [5, 5.41) is 3.02. The van der Waals surface area contributed by atoms with Crippen LogP contribution in [0.3, 0.4) is 0 Å². The van der Waals surface area contributed by atoms with Gasteiger partial charge in [-0.1, -0.05) is 19.1 Å². The third-order valence-electron chi connectivity index (χ3n) is 3.73. The van der Waals surface area contributed by atoms with Crippen molar-refractivity contribution in [1.29, 1.82) is 0 Å². The molecule has 0 unspecified atom stereocenters. The van der Waals surface area contributed by atoms with Crippen LogP contribution in [0.15, 0.2) is 30.3 Å². The van der Waals surface area contributed by atoms with Crippen molar-refractivity contribution in [1.82, 2.24) is 15.3 Å². The molecule has 0 aliphatic heterocycles. The molecule has 114 valence electrons. The fraction of sp³-hybridized carbons (Fsp3) is 0.294. The molecule has 0 aliphatic rings. The molecule has 4 nitrogen and oxygen atoms in total. The number of aryl methyl sites for hydroxylation is 2. The molecule has 1 amide bonds. The number of aromatic amines is 1. The Balaban J connectivity index is 1.77. The van der Waals surface area contributed by atoms with Gasteiger partial charge in [-0.25, -0.2) is 4.98 Å². The van der Waals surface area contributed by atoms with E-state index in [4.69, 9.17) is 0 Å². The van der Waals surface area contributed by atoms with Gasteiger partial charge >= 0.3 is 0 Å². The average Bonchev–Trinajstić information content (AvgIpc) is 3.10. The van der Waals surface area contributed by atoms with Crippen molar-refractivity contribution < 1.29 is 4.79 Å². The smallest absolute Gasteiger partial charge is 0.261 e. The molecule has 2 N–H and O–H groups in total. The second-order valence-electron chi connectivity index (χ2n) is 5.40. The number of amides is 1. The van der Waals surface area contributed by atoms with Crippen molar-refractivity contribution in [2.45, 2.75) is 33.2 Å². The van der Waals surface area contributed by atoms with Gasteiger partial charge in [0.1, 0.15) is 5.82 Å². The molecular formula is C17H19N3OS. The Hall–Kier alpha value is -2.14.